The van der Waals surface area contributed by atoms with Crippen molar-refractivity contribution >= 4 is 5.91 Å². The fourth-order valence-electron chi connectivity index (χ4n) is 3.72. The summed E-state index contributed by atoms with van der Waals surface area (Å²) in [5, 5.41) is 4.62. The van der Waals surface area contributed by atoms with E-state index in [0.29, 0.717) is 18.3 Å². The molecule has 0 saturated heterocycles. The summed E-state index contributed by atoms with van der Waals surface area (Å²) in [6.07, 6.45) is 4.83. The number of likely N-dealkylation sites (N-methyl/N-ethyl adjacent to an activating group) is 2. The monoisotopic (exact) mass is 361 g/mol. The van der Waals surface area contributed by atoms with Crippen LogP contribution in [0.1, 0.15) is 42.0 Å². The van der Waals surface area contributed by atoms with E-state index in [1.807, 2.05) is 10.8 Å². The van der Waals surface area contributed by atoms with Gasteiger partial charge in [0.2, 0.25) is 0 Å². The Morgan fingerprint density at radius 2 is 1.96 bits per heavy atom. The average Bonchev–Trinajstić information content (AvgIpc) is 2.99. The summed E-state index contributed by atoms with van der Waals surface area (Å²) in [6.45, 7) is 13.2. The Hall–Kier alpha value is -1.66. The van der Waals surface area contributed by atoms with Crippen molar-refractivity contribution in [2.24, 2.45) is 0 Å². The zero-order valence-corrected chi connectivity index (χ0v) is 17.2. The zero-order valence-electron chi connectivity index (χ0n) is 17.2. The van der Waals surface area contributed by atoms with Crippen LogP contribution in [0.25, 0.3) is 0 Å². The second-order valence-electron chi connectivity index (χ2n) is 7.35. The van der Waals surface area contributed by atoms with Crippen LogP contribution in [0.3, 0.4) is 0 Å². The number of amides is 1. The smallest absolute Gasteiger partial charge is 0.274 e. The highest BCUT2D eigenvalue weighted by Crippen LogP contribution is 2.27. The van der Waals surface area contributed by atoms with Gasteiger partial charge in [0, 0.05) is 44.5 Å². The number of allylic oxidation sites excluding steroid dienone is 1. The average molecular weight is 362 g/mol. The summed E-state index contributed by atoms with van der Waals surface area (Å²) in [5.41, 5.74) is 2.97. The van der Waals surface area contributed by atoms with Gasteiger partial charge >= 0.3 is 0 Å². The minimum atomic E-state index is -0.00416. The van der Waals surface area contributed by atoms with Gasteiger partial charge in [0.15, 0.2) is 5.69 Å². The van der Waals surface area contributed by atoms with E-state index in [1.54, 1.807) is 19.0 Å². The Morgan fingerprint density at radius 1 is 1.27 bits per heavy atom. The molecule has 1 atom stereocenters. The fraction of sp³-hybridized carbons (Fsp3) is 0.700. The lowest BCUT2D eigenvalue weighted by atomic mass is 9.90. The van der Waals surface area contributed by atoms with Crippen molar-refractivity contribution in [3.63, 3.8) is 0 Å². The maximum absolute atomic E-state index is 12.6. The molecular formula is C20H35N5O. The SMILES string of the molecule is C=CCn1nc(C(=O)N(C)C)c2c1CC[C@@H](N(C)CCN(CC)CC)C2. The number of fused-ring (bicyclic) bond motifs is 1. The first-order valence-corrected chi connectivity index (χ1v) is 9.76. The van der Waals surface area contributed by atoms with Crippen molar-refractivity contribution in [3.05, 3.63) is 29.6 Å². The van der Waals surface area contributed by atoms with Crippen LogP contribution in [0.4, 0.5) is 0 Å². The van der Waals surface area contributed by atoms with Gasteiger partial charge < -0.3 is 14.7 Å². The van der Waals surface area contributed by atoms with Crippen LogP contribution in [0.15, 0.2) is 12.7 Å². The third kappa shape index (κ3) is 4.54. The summed E-state index contributed by atoms with van der Waals surface area (Å²) in [5.74, 6) is -0.00416. The Kier molecular flexibility index (Phi) is 7.41. The predicted molar refractivity (Wildman–Crippen MR) is 107 cm³/mol. The molecule has 26 heavy (non-hydrogen) atoms. The first-order chi connectivity index (χ1) is 12.4. The summed E-state index contributed by atoms with van der Waals surface area (Å²) in [4.78, 5) is 19.1. The lowest BCUT2D eigenvalue weighted by molar-refractivity contribution is 0.0819. The number of nitrogens with zero attached hydrogens (tertiary/aromatic N) is 5. The third-order valence-electron chi connectivity index (χ3n) is 5.52. The lowest BCUT2D eigenvalue weighted by Crippen LogP contribution is -2.41. The van der Waals surface area contributed by atoms with Gasteiger partial charge in [-0.25, -0.2) is 0 Å². The largest absolute Gasteiger partial charge is 0.343 e. The van der Waals surface area contributed by atoms with Gasteiger partial charge in [-0.05, 0) is 39.4 Å². The molecule has 0 N–H and O–H groups in total. The minimum Gasteiger partial charge on any atom is -0.343 e. The Balaban J connectivity index is 2.17. The fourth-order valence-corrected chi connectivity index (χ4v) is 3.72. The van der Waals surface area contributed by atoms with Gasteiger partial charge in [0.25, 0.3) is 5.91 Å². The lowest BCUT2D eigenvalue weighted by Gasteiger charge is -2.33. The highest BCUT2D eigenvalue weighted by Gasteiger charge is 2.31. The maximum atomic E-state index is 12.6. The van der Waals surface area contributed by atoms with Gasteiger partial charge in [-0.2, -0.15) is 5.10 Å². The molecule has 1 aliphatic carbocycles. The summed E-state index contributed by atoms with van der Waals surface area (Å²) >= 11 is 0. The van der Waals surface area contributed by atoms with Gasteiger partial charge in [-0.3, -0.25) is 9.48 Å². The van der Waals surface area contributed by atoms with Crippen molar-refractivity contribution in [2.45, 2.75) is 45.7 Å². The van der Waals surface area contributed by atoms with E-state index < -0.39 is 0 Å². The Morgan fingerprint density at radius 3 is 2.54 bits per heavy atom. The maximum Gasteiger partial charge on any atom is 0.274 e. The molecule has 0 unspecified atom stereocenters. The highest BCUT2D eigenvalue weighted by atomic mass is 16.2. The van der Waals surface area contributed by atoms with E-state index in [0.717, 1.165) is 51.0 Å². The Labute approximate surface area is 158 Å². The van der Waals surface area contributed by atoms with Gasteiger partial charge in [0.1, 0.15) is 0 Å². The second-order valence-corrected chi connectivity index (χ2v) is 7.35. The van der Waals surface area contributed by atoms with Crippen molar-refractivity contribution < 1.29 is 4.79 Å². The molecule has 146 valence electrons. The number of hydrogen-bond donors (Lipinski definition) is 0. The van der Waals surface area contributed by atoms with Crippen LogP contribution in [-0.2, 0) is 19.4 Å². The first-order valence-electron chi connectivity index (χ1n) is 9.76. The van der Waals surface area contributed by atoms with Crippen LogP contribution in [0, 0.1) is 0 Å². The molecule has 0 bridgehead atoms. The van der Waals surface area contributed by atoms with E-state index in [-0.39, 0.29) is 5.91 Å². The molecule has 6 nitrogen and oxygen atoms in total. The Bertz CT molecular complexity index is 618. The van der Waals surface area contributed by atoms with Crippen LogP contribution in [0.5, 0.6) is 0 Å². The molecule has 1 heterocycles. The van der Waals surface area contributed by atoms with Crippen molar-refractivity contribution in [1.29, 1.82) is 0 Å². The van der Waals surface area contributed by atoms with E-state index in [9.17, 15) is 4.79 Å². The third-order valence-corrected chi connectivity index (χ3v) is 5.52. The molecule has 1 aliphatic rings. The number of carbonyl (C=O) groups is 1. The van der Waals surface area contributed by atoms with Crippen molar-refractivity contribution in [2.75, 3.05) is 47.3 Å². The van der Waals surface area contributed by atoms with E-state index in [2.05, 4.69) is 42.4 Å². The molecule has 0 radical (unpaired) electrons. The second kappa shape index (κ2) is 9.33. The van der Waals surface area contributed by atoms with Gasteiger partial charge in [0.05, 0.1) is 6.54 Å². The van der Waals surface area contributed by atoms with E-state index in [1.165, 1.54) is 5.69 Å². The summed E-state index contributed by atoms with van der Waals surface area (Å²) in [6, 6.07) is 0.466. The molecule has 0 aliphatic heterocycles. The number of rotatable bonds is 9. The number of carbonyl (C=O) groups excluding carboxylic acids is 1. The van der Waals surface area contributed by atoms with Gasteiger partial charge in [-0.1, -0.05) is 19.9 Å². The van der Waals surface area contributed by atoms with E-state index >= 15 is 0 Å². The summed E-state index contributed by atoms with van der Waals surface area (Å²) in [7, 11) is 5.79. The molecule has 1 aromatic heterocycles. The first kappa shape index (κ1) is 20.6. The molecule has 0 saturated carbocycles. The normalized spacial score (nSPS) is 16.8. The predicted octanol–water partition coefficient (Wildman–Crippen LogP) is 1.90. The summed E-state index contributed by atoms with van der Waals surface area (Å²) < 4.78 is 1.96. The molecule has 6 heteroatoms. The topological polar surface area (TPSA) is 44.6 Å². The highest BCUT2D eigenvalue weighted by molar-refractivity contribution is 5.93. The standard InChI is InChI=1S/C20H35N5O/c1-7-12-25-18-11-10-16(23(6)13-14-24(8-2)9-3)15-17(18)19(21-25)20(26)22(4)5/h7,16H,1,8-15H2,2-6H3/t16-/m1/s1. The number of aromatic nitrogens is 2. The molecule has 0 fully saturated rings. The zero-order chi connectivity index (χ0) is 19.3. The minimum absolute atomic E-state index is 0.00416. The molecule has 2 rings (SSSR count). The number of hydrogen-bond acceptors (Lipinski definition) is 4. The van der Waals surface area contributed by atoms with Crippen LogP contribution >= 0.6 is 0 Å². The molecule has 0 aromatic carbocycles. The van der Waals surface area contributed by atoms with Crippen LogP contribution in [0.2, 0.25) is 0 Å². The van der Waals surface area contributed by atoms with Gasteiger partial charge in [-0.15, -0.1) is 6.58 Å². The molecular weight excluding hydrogens is 326 g/mol. The van der Waals surface area contributed by atoms with E-state index in [4.69, 9.17) is 0 Å². The van der Waals surface area contributed by atoms with Crippen molar-refractivity contribution in [3.8, 4) is 0 Å². The molecule has 1 aromatic rings. The quantitative estimate of drug-likeness (QED) is 0.630. The van der Waals surface area contributed by atoms with Crippen molar-refractivity contribution in [1.82, 2.24) is 24.5 Å². The molecule has 1 amide bonds. The molecule has 0 spiro atoms. The van der Waals surface area contributed by atoms with Crippen LogP contribution < -0.4 is 0 Å². The van der Waals surface area contributed by atoms with Crippen LogP contribution in [-0.4, -0.2) is 83.8 Å².